The van der Waals surface area contributed by atoms with Gasteiger partial charge in [-0.05, 0) is 18.1 Å². The molecule has 17 heavy (non-hydrogen) atoms. The molecule has 3 nitrogen and oxygen atoms in total. The van der Waals surface area contributed by atoms with Crippen molar-refractivity contribution in [1.82, 2.24) is 0 Å². The predicted octanol–water partition coefficient (Wildman–Crippen LogP) is 3.91. The number of rotatable bonds is 3. The SMILES string of the molecule is CC(C)C(C(=O)O)c1cc2cccc(Cl)c2o1. The van der Waals surface area contributed by atoms with Crippen LogP contribution in [0.2, 0.25) is 5.02 Å². The fourth-order valence-corrected chi connectivity index (χ4v) is 2.16. The molecule has 1 aromatic carbocycles. The molecule has 4 heteroatoms. The Hall–Kier alpha value is -1.48. The molecule has 0 spiro atoms. The van der Waals surface area contributed by atoms with E-state index in [1.807, 2.05) is 26.0 Å². The van der Waals surface area contributed by atoms with Crippen LogP contribution in [0, 0.1) is 5.92 Å². The van der Waals surface area contributed by atoms with Crippen molar-refractivity contribution in [3.63, 3.8) is 0 Å². The molecule has 1 heterocycles. The van der Waals surface area contributed by atoms with Gasteiger partial charge in [-0.25, -0.2) is 0 Å². The molecule has 0 saturated heterocycles. The van der Waals surface area contributed by atoms with Crippen LogP contribution in [-0.2, 0) is 4.79 Å². The lowest BCUT2D eigenvalue weighted by Gasteiger charge is -2.12. The Bertz CT molecular complexity index is 557. The van der Waals surface area contributed by atoms with Crippen LogP contribution in [0.5, 0.6) is 0 Å². The van der Waals surface area contributed by atoms with E-state index in [-0.39, 0.29) is 5.92 Å². The summed E-state index contributed by atoms with van der Waals surface area (Å²) in [6.07, 6.45) is 0. The smallest absolute Gasteiger partial charge is 0.314 e. The van der Waals surface area contributed by atoms with Crippen molar-refractivity contribution in [2.45, 2.75) is 19.8 Å². The fraction of sp³-hybridized carbons (Fsp3) is 0.308. The second-order valence-corrected chi connectivity index (χ2v) is 4.77. The third-order valence-electron chi connectivity index (χ3n) is 2.75. The summed E-state index contributed by atoms with van der Waals surface area (Å²) in [6, 6.07) is 7.14. The Labute approximate surface area is 104 Å². The molecule has 0 bridgehead atoms. The lowest BCUT2D eigenvalue weighted by molar-refractivity contribution is -0.140. The zero-order valence-corrected chi connectivity index (χ0v) is 10.4. The van der Waals surface area contributed by atoms with Crippen molar-refractivity contribution in [1.29, 1.82) is 0 Å². The number of hydrogen-bond acceptors (Lipinski definition) is 2. The summed E-state index contributed by atoms with van der Waals surface area (Å²) in [6.45, 7) is 3.71. The molecular weight excluding hydrogens is 240 g/mol. The third-order valence-corrected chi connectivity index (χ3v) is 3.05. The van der Waals surface area contributed by atoms with Gasteiger partial charge in [-0.2, -0.15) is 0 Å². The molecule has 0 amide bonds. The van der Waals surface area contributed by atoms with Gasteiger partial charge in [0.05, 0.1) is 5.02 Å². The second-order valence-electron chi connectivity index (χ2n) is 4.37. The molecule has 0 aliphatic carbocycles. The Balaban J connectivity index is 2.55. The van der Waals surface area contributed by atoms with E-state index in [9.17, 15) is 9.90 Å². The van der Waals surface area contributed by atoms with E-state index in [2.05, 4.69) is 0 Å². The van der Waals surface area contributed by atoms with Gasteiger partial charge >= 0.3 is 5.97 Å². The molecule has 0 saturated carbocycles. The average molecular weight is 253 g/mol. The number of furan rings is 1. The molecule has 2 aromatic rings. The topological polar surface area (TPSA) is 50.4 Å². The van der Waals surface area contributed by atoms with Gasteiger partial charge in [0.15, 0.2) is 5.58 Å². The minimum atomic E-state index is -0.879. The third kappa shape index (κ3) is 2.15. The maximum absolute atomic E-state index is 11.2. The zero-order valence-electron chi connectivity index (χ0n) is 9.61. The van der Waals surface area contributed by atoms with Crippen LogP contribution in [0.15, 0.2) is 28.7 Å². The summed E-state index contributed by atoms with van der Waals surface area (Å²) < 4.78 is 5.57. The summed E-state index contributed by atoms with van der Waals surface area (Å²) in [4.78, 5) is 11.2. The first-order valence-corrected chi connectivity index (χ1v) is 5.79. The molecule has 0 aliphatic rings. The number of carbonyl (C=O) groups is 1. The molecule has 1 aromatic heterocycles. The average Bonchev–Trinajstić information content (AvgIpc) is 2.61. The predicted molar refractivity (Wildman–Crippen MR) is 66.4 cm³/mol. The summed E-state index contributed by atoms with van der Waals surface area (Å²) in [7, 11) is 0. The number of hydrogen-bond donors (Lipinski definition) is 1. The lowest BCUT2D eigenvalue weighted by atomic mass is 9.93. The van der Waals surface area contributed by atoms with Crippen LogP contribution < -0.4 is 0 Å². The molecule has 90 valence electrons. The highest BCUT2D eigenvalue weighted by Gasteiger charge is 2.27. The van der Waals surface area contributed by atoms with Gasteiger partial charge in [-0.3, -0.25) is 4.79 Å². The molecule has 1 N–H and O–H groups in total. The van der Waals surface area contributed by atoms with E-state index < -0.39 is 11.9 Å². The first-order valence-electron chi connectivity index (χ1n) is 5.41. The first-order chi connectivity index (χ1) is 8.00. The van der Waals surface area contributed by atoms with Gasteiger partial charge in [-0.1, -0.05) is 37.6 Å². The molecule has 0 fully saturated rings. The van der Waals surface area contributed by atoms with Crippen LogP contribution in [0.4, 0.5) is 0 Å². The van der Waals surface area contributed by atoms with Crippen LogP contribution in [0.25, 0.3) is 11.0 Å². The summed E-state index contributed by atoms with van der Waals surface area (Å²) in [5.74, 6) is -1.10. The Morgan fingerprint density at radius 1 is 1.41 bits per heavy atom. The molecule has 1 unspecified atom stereocenters. The quantitative estimate of drug-likeness (QED) is 0.901. The highest BCUT2D eigenvalue weighted by molar-refractivity contribution is 6.34. The molecule has 0 radical (unpaired) electrons. The van der Waals surface area contributed by atoms with E-state index in [4.69, 9.17) is 16.0 Å². The lowest BCUT2D eigenvalue weighted by Crippen LogP contribution is -2.16. The molecule has 0 aliphatic heterocycles. The Morgan fingerprint density at radius 3 is 2.65 bits per heavy atom. The highest BCUT2D eigenvalue weighted by atomic mass is 35.5. The number of para-hydroxylation sites is 1. The van der Waals surface area contributed by atoms with Crippen LogP contribution in [0.3, 0.4) is 0 Å². The van der Waals surface area contributed by atoms with E-state index in [0.717, 1.165) is 5.39 Å². The summed E-state index contributed by atoms with van der Waals surface area (Å²) in [5, 5.41) is 10.5. The van der Waals surface area contributed by atoms with Gasteiger partial charge < -0.3 is 9.52 Å². The van der Waals surface area contributed by atoms with Gasteiger partial charge in [0.1, 0.15) is 11.7 Å². The first kappa shape index (κ1) is 12.0. The van der Waals surface area contributed by atoms with Gasteiger partial charge in [0.25, 0.3) is 0 Å². The summed E-state index contributed by atoms with van der Waals surface area (Å²) >= 11 is 5.99. The van der Waals surface area contributed by atoms with Crippen molar-refractivity contribution >= 4 is 28.5 Å². The van der Waals surface area contributed by atoms with Crippen molar-refractivity contribution in [2.24, 2.45) is 5.92 Å². The molecule has 2 rings (SSSR count). The minimum Gasteiger partial charge on any atom is -0.481 e. The normalized spacial score (nSPS) is 13.2. The fourth-order valence-electron chi connectivity index (χ4n) is 1.94. The number of carboxylic acid groups (broad SMARTS) is 1. The van der Waals surface area contributed by atoms with Crippen molar-refractivity contribution < 1.29 is 14.3 Å². The van der Waals surface area contributed by atoms with Gasteiger partial charge in [0.2, 0.25) is 0 Å². The number of halogens is 1. The van der Waals surface area contributed by atoms with Crippen molar-refractivity contribution in [3.05, 3.63) is 35.0 Å². The van der Waals surface area contributed by atoms with Gasteiger partial charge in [0, 0.05) is 5.39 Å². The maximum atomic E-state index is 11.2. The summed E-state index contributed by atoms with van der Waals surface area (Å²) in [5.41, 5.74) is 0.552. The number of benzene rings is 1. The number of carboxylic acids is 1. The molecule has 1 atom stereocenters. The highest BCUT2D eigenvalue weighted by Crippen LogP contribution is 2.33. The Kier molecular flexibility index (Phi) is 3.11. The zero-order chi connectivity index (χ0) is 12.6. The van der Waals surface area contributed by atoms with E-state index in [1.165, 1.54) is 0 Å². The van der Waals surface area contributed by atoms with Crippen LogP contribution in [0.1, 0.15) is 25.5 Å². The van der Waals surface area contributed by atoms with E-state index in [0.29, 0.717) is 16.4 Å². The van der Waals surface area contributed by atoms with Crippen molar-refractivity contribution in [2.75, 3.05) is 0 Å². The number of aliphatic carboxylic acids is 1. The van der Waals surface area contributed by atoms with Crippen LogP contribution >= 0.6 is 11.6 Å². The van der Waals surface area contributed by atoms with E-state index in [1.54, 1.807) is 12.1 Å². The van der Waals surface area contributed by atoms with Crippen molar-refractivity contribution in [3.8, 4) is 0 Å². The monoisotopic (exact) mass is 252 g/mol. The second kappa shape index (κ2) is 4.41. The molecular formula is C13H13ClO3. The van der Waals surface area contributed by atoms with Gasteiger partial charge in [-0.15, -0.1) is 0 Å². The standard InChI is InChI=1S/C13H13ClO3/c1-7(2)11(13(15)16)10-6-8-4-3-5-9(14)12(8)17-10/h3-7,11H,1-2H3,(H,15,16). The largest absolute Gasteiger partial charge is 0.481 e. The minimum absolute atomic E-state index is 0.0353. The van der Waals surface area contributed by atoms with Crippen LogP contribution in [-0.4, -0.2) is 11.1 Å². The maximum Gasteiger partial charge on any atom is 0.314 e. The Morgan fingerprint density at radius 2 is 2.12 bits per heavy atom. The van der Waals surface area contributed by atoms with E-state index >= 15 is 0 Å². The number of fused-ring (bicyclic) bond motifs is 1.